The fourth-order valence-corrected chi connectivity index (χ4v) is 2.29. The zero-order chi connectivity index (χ0) is 10.1. The summed E-state index contributed by atoms with van der Waals surface area (Å²) >= 11 is 7.41. The second-order valence-corrected chi connectivity index (χ2v) is 4.14. The highest BCUT2D eigenvalue weighted by Crippen LogP contribution is 2.30. The standard InChI is InChI=1S/C9H7ClN2OS/c1-5-11-7(4-8(13)12-5)9-6(10)2-3-14-9/h2-4H,1H3,(H,11,12,13). The van der Waals surface area contributed by atoms with Crippen LogP contribution in [0.4, 0.5) is 0 Å². The lowest BCUT2D eigenvalue weighted by Crippen LogP contribution is -2.08. The maximum absolute atomic E-state index is 11.2. The molecule has 0 aliphatic rings. The molecule has 0 radical (unpaired) electrons. The van der Waals surface area contributed by atoms with E-state index in [2.05, 4.69) is 9.97 Å². The molecule has 2 aromatic heterocycles. The quantitative estimate of drug-likeness (QED) is 0.812. The first-order chi connectivity index (χ1) is 6.66. The molecule has 14 heavy (non-hydrogen) atoms. The SMILES string of the molecule is Cc1nc(-c2sccc2Cl)cc(=O)[nH]1. The molecule has 72 valence electrons. The molecule has 0 aliphatic carbocycles. The van der Waals surface area contributed by atoms with E-state index in [4.69, 9.17) is 11.6 Å². The number of aromatic nitrogens is 2. The van der Waals surface area contributed by atoms with E-state index in [0.717, 1.165) is 4.88 Å². The number of aryl methyl sites for hydroxylation is 1. The maximum Gasteiger partial charge on any atom is 0.251 e. The molecular weight excluding hydrogens is 220 g/mol. The number of thiophene rings is 1. The topological polar surface area (TPSA) is 45.8 Å². The van der Waals surface area contributed by atoms with Crippen LogP contribution in [0.3, 0.4) is 0 Å². The molecule has 0 bridgehead atoms. The van der Waals surface area contributed by atoms with Crippen molar-refractivity contribution in [3.63, 3.8) is 0 Å². The van der Waals surface area contributed by atoms with Gasteiger partial charge in [-0.05, 0) is 18.4 Å². The van der Waals surface area contributed by atoms with E-state index < -0.39 is 0 Å². The smallest absolute Gasteiger partial charge is 0.251 e. The lowest BCUT2D eigenvalue weighted by Gasteiger charge is -1.98. The predicted molar refractivity (Wildman–Crippen MR) is 57.9 cm³/mol. The van der Waals surface area contributed by atoms with Gasteiger partial charge >= 0.3 is 0 Å². The summed E-state index contributed by atoms with van der Waals surface area (Å²) in [6.07, 6.45) is 0. The van der Waals surface area contributed by atoms with E-state index in [1.165, 1.54) is 17.4 Å². The van der Waals surface area contributed by atoms with Crippen LogP contribution < -0.4 is 5.56 Å². The molecule has 0 fully saturated rings. The highest BCUT2D eigenvalue weighted by Gasteiger charge is 2.07. The van der Waals surface area contributed by atoms with Crippen molar-refractivity contribution in [2.75, 3.05) is 0 Å². The fourth-order valence-electron chi connectivity index (χ4n) is 1.17. The predicted octanol–water partition coefficient (Wildman–Crippen LogP) is 2.46. The van der Waals surface area contributed by atoms with Crippen molar-refractivity contribution in [3.05, 3.63) is 38.7 Å². The summed E-state index contributed by atoms with van der Waals surface area (Å²) in [6, 6.07) is 3.24. The molecule has 0 atom stereocenters. The van der Waals surface area contributed by atoms with Gasteiger partial charge in [-0.15, -0.1) is 11.3 Å². The van der Waals surface area contributed by atoms with Gasteiger partial charge in [-0.1, -0.05) is 11.6 Å². The zero-order valence-corrected chi connectivity index (χ0v) is 8.95. The van der Waals surface area contributed by atoms with Crippen LogP contribution in [0.1, 0.15) is 5.82 Å². The summed E-state index contributed by atoms with van der Waals surface area (Å²) in [5, 5.41) is 2.50. The Morgan fingerprint density at radius 2 is 2.36 bits per heavy atom. The van der Waals surface area contributed by atoms with Gasteiger partial charge in [-0.2, -0.15) is 0 Å². The van der Waals surface area contributed by atoms with Crippen LogP contribution in [0.15, 0.2) is 22.3 Å². The lowest BCUT2D eigenvalue weighted by atomic mass is 10.3. The van der Waals surface area contributed by atoms with Crippen molar-refractivity contribution in [2.45, 2.75) is 6.92 Å². The maximum atomic E-state index is 11.2. The Bertz CT molecular complexity index is 518. The van der Waals surface area contributed by atoms with Gasteiger partial charge in [0.05, 0.1) is 15.6 Å². The van der Waals surface area contributed by atoms with Crippen LogP contribution in [0.5, 0.6) is 0 Å². The molecule has 2 heterocycles. The van der Waals surface area contributed by atoms with Gasteiger partial charge in [0.25, 0.3) is 5.56 Å². The Kier molecular flexibility index (Phi) is 2.39. The van der Waals surface area contributed by atoms with Gasteiger partial charge in [-0.25, -0.2) is 4.98 Å². The second kappa shape index (κ2) is 3.55. The average molecular weight is 227 g/mol. The molecule has 0 saturated heterocycles. The van der Waals surface area contributed by atoms with E-state index in [9.17, 15) is 4.79 Å². The van der Waals surface area contributed by atoms with Gasteiger partial charge in [0.1, 0.15) is 5.82 Å². The van der Waals surface area contributed by atoms with E-state index >= 15 is 0 Å². The summed E-state index contributed by atoms with van der Waals surface area (Å²) in [4.78, 5) is 18.8. The molecule has 0 aromatic carbocycles. The molecule has 2 aromatic rings. The highest BCUT2D eigenvalue weighted by molar-refractivity contribution is 7.14. The van der Waals surface area contributed by atoms with Gasteiger partial charge in [0.15, 0.2) is 0 Å². The summed E-state index contributed by atoms with van der Waals surface area (Å²) in [6.45, 7) is 1.74. The molecule has 0 unspecified atom stereocenters. The molecule has 1 N–H and O–H groups in total. The third-order valence-corrected chi connectivity index (χ3v) is 3.07. The fraction of sp³-hybridized carbons (Fsp3) is 0.111. The number of aromatic amines is 1. The molecule has 0 spiro atoms. The third-order valence-electron chi connectivity index (χ3n) is 1.71. The number of hydrogen-bond donors (Lipinski definition) is 1. The molecule has 0 amide bonds. The van der Waals surface area contributed by atoms with Crippen molar-refractivity contribution in [3.8, 4) is 10.6 Å². The van der Waals surface area contributed by atoms with Crippen LogP contribution in [-0.4, -0.2) is 9.97 Å². The monoisotopic (exact) mass is 226 g/mol. The van der Waals surface area contributed by atoms with Crippen LogP contribution in [0.25, 0.3) is 10.6 Å². The number of nitrogens with one attached hydrogen (secondary N) is 1. The number of rotatable bonds is 1. The van der Waals surface area contributed by atoms with E-state index in [-0.39, 0.29) is 5.56 Å². The molecule has 0 saturated carbocycles. The van der Waals surface area contributed by atoms with Crippen molar-refractivity contribution in [2.24, 2.45) is 0 Å². The first-order valence-corrected chi connectivity index (χ1v) is 5.24. The number of nitrogens with zero attached hydrogens (tertiary/aromatic N) is 1. The summed E-state index contributed by atoms with van der Waals surface area (Å²) < 4.78 is 0. The molecule has 3 nitrogen and oxygen atoms in total. The van der Waals surface area contributed by atoms with Crippen LogP contribution in [0, 0.1) is 6.92 Å². The largest absolute Gasteiger partial charge is 0.311 e. The minimum atomic E-state index is -0.156. The van der Waals surface area contributed by atoms with Gasteiger partial charge < -0.3 is 4.98 Å². The Labute approximate surface area is 89.4 Å². The Morgan fingerprint density at radius 1 is 1.57 bits per heavy atom. The zero-order valence-electron chi connectivity index (χ0n) is 7.37. The summed E-state index contributed by atoms with van der Waals surface area (Å²) in [7, 11) is 0. The van der Waals surface area contributed by atoms with Crippen molar-refractivity contribution in [1.82, 2.24) is 9.97 Å². The molecular formula is C9H7ClN2OS. The van der Waals surface area contributed by atoms with Crippen LogP contribution >= 0.6 is 22.9 Å². The number of halogens is 1. The van der Waals surface area contributed by atoms with Crippen LogP contribution in [0.2, 0.25) is 5.02 Å². The lowest BCUT2D eigenvalue weighted by molar-refractivity contribution is 1.03. The molecule has 2 rings (SSSR count). The minimum Gasteiger partial charge on any atom is -0.311 e. The van der Waals surface area contributed by atoms with E-state index in [1.54, 1.807) is 13.0 Å². The van der Waals surface area contributed by atoms with Crippen molar-refractivity contribution < 1.29 is 0 Å². The second-order valence-electron chi connectivity index (χ2n) is 2.81. The van der Waals surface area contributed by atoms with Gasteiger partial charge in [-0.3, -0.25) is 4.79 Å². The summed E-state index contributed by atoms with van der Waals surface area (Å²) in [5.74, 6) is 0.594. The third kappa shape index (κ3) is 1.71. The van der Waals surface area contributed by atoms with Crippen molar-refractivity contribution in [1.29, 1.82) is 0 Å². The van der Waals surface area contributed by atoms with E-state index in [0.29, 0.717) is 16.5 Å². The normalized spacial score (nSPS) is 10.4. The van der Waals surface area contributed by atoms with Gasteiger partial charge in [0, 0.05) is 6.07 Å². The first-order valence-electron chi connectivity index (χ1n) is 3.98. The number of hydrogen-bond acceptors (Lipinski definition) is 3. The molecule has 0 aliphatic heterocycles. The Hall–Kier alpha value is -1.13. The Morgan fingerprint density at radius 3 is 2.93 bits per heavy atom. The van der Waals surface area contributed by atoms with Crippen molar-refractivity contribution >= 4 is 22.9 Å². The minimum absolute atomic E-state index is 0.156. The van der Waals surface area contributed by atoms with E-state index in [1.807, 2.05) is 5.38 Å². The first kappa shape index (κ1) is 9.43. The average Bonchev–Trinajstić information content (AvgIpc) is 2.49. The van der Waals surface area contributed by atoms with Gasteiger partial charge in [0.2, 0.25) is 0 Å². The highest BCUT2D eigenvalue weighted by atomic mass is 35.5. The Balaban J connectivity index is 2.63. The number of H-pyrrole nitrogens is 1. The summed E-state index contributed by atoms with van der Waals surface area (Å²) in [5.41, 5.74) is 0.475. The molecule has 5 heteroatoms. The van der Waals surface area contributed by atoms with Crippen LogP contribution in [-0.2, 0) is 0 Å².